The summed E-state index contributed by atoms with van der Waals surface area (Å²) in [5.74, 6) is -0.379. The molecule has 1 aliphatic heterocycles. The van der Waals surface area contributed by atoms with Crippen LogP contribution in [-0.2, 0) is 4.74 Å². The van der Waals surface area contributed by atoms with E-state index in [0.717, 1.165) is 5.39 Å². The second kappa shape index (κ2) is 8.05. The molecule has 150 valence electrons. The van der Waals surface area contributed by atoms with Gasteiger partial charge in [0.1, 0.15) is 5.82 Å². The number of hydrogen-bond donors (Lipinski definition) is 2. The lowest BCUT2D eigenvalue weighted by Gasteiger charge is -2.37. The molecule has 0 spiro atoms. The van der Waals surface area contributed by atoms with Gasteiger partial charge in [-0.3, -0.25) is 4.98 Å². The van der Waals surface area contributed by atoms with E-state index in [2.05, 4.69) is 15.6 Å². The Kier molecular flexibility index (Phi) is 5.31. The van der Waals surface area contributed by atoms with Gasteiger partial charge in [-0.05, 0) is 44.2 Å². The van der Waals surface area contributed by atoms with Crippen LogP contribution in [-0.4, -0.2) is 36.3 Å². The number of aromatic nitrogens is 1. The summed E-state index contributed by atoms with van der Waals surface area (Å²) >= 11 is 0. The fraction of sp³-hybridized carbons (Fsp3) is 0.273. The Bertz CT molecular complexity index is 1030. The zero-order valence-electron chi connectivity index (χ0n) is 16.4. The number of amides is 2. The number of urea groups is 1. The highest BCUT2D eigenvalue weighted by molar-refractivity contribution is 6.05. The van der Waals surface area contributed by atoms with Gasteiger partial charge in [-0.2, -0.15) is 0 Å². The minimum absolute atomic E-state index is 0.0380. The van der Waals surface area contributed by atoms with Crippen molar-refractivity contribution in [2.75, 3.05) is 28.6 Å². The predicted octanol–water partition coefficient (Wildman–Crippen LogP) is 4.63. The maximum atomic E-state index is 14.7. The monoisotopic (exact) mass is 394 g/mol. The quantitative estimate of drug-likeness (QED) is 0.680. The number of halogens is 1. The average Bonchev–Trinajstić information content (AvgIpc) is 2.67. The molecule has 0 saturated carbocycles. The number of anilines is 3. The molecule has 29 heavy (non-hydrogen) atoms. The largest absolute Gasteiger partial charge is 0.372 e. The topological polar surface area (TPSA) is 66.5 Å². The molecule has 1 saturated heterocycles. The van der Waals surface area contributed by atoms with Crippen LogP contribution in [0.4, 0.5) is 26.2 Å². The van der Waals surface area contributed by atoms with Gasteiger partial charge < -0.3 is 20.3 Å². The van der Waals surface area contributed by atoms with Crippen LogP contribution in [0.5, 0.6) is 0 Å². The minimum Gasteiger partial charge on any atom is -0.372 e. The minimum atomic E-state index is -0.455. The number of rotatable bonds is 3. The first kappa shape index (κ1) is 19.1. The van der Waals surface area contributed by atoms with E-state index >= 15 is 0 Å². The second-order valence-electron chi connectivity index (χ2n) is 7.29. The van der Waals surface area contributed by atoms with Gasteiger partial charge in [0.25, 0.3) is 0 Å². The van der Waals surface area contributed by atoms with E-state index < -0.39 is 6.03 Å². The van der Waals surface area contributed by atoms with Crippen molar-refractivity contribution in [2.45, 2.75) is 26.1 Å². The molecule has 3 aromatic rings. The Morgan fingerprint density at radius 3 is 2.62 bits per heavy atom. The number of pyridine rings is 1. The molecule has 6 nitrogen and oxygen atoms in total. The van der Waals surface area contributed by atoms with Crippen molar-refractivity contribution in [2.24, 2.45) is 0 Å². The molecule has 2 atom stereocenters. The summed E-state index contributed by atoms with van der Waals surface area (Å²) in [6.45, 7) is 5.21. The predicted molar refractivity (Wildman–Crippen MR) is 113 cm³/mol. The van der Waals surface area contributed by atoms with E-state index in [-0.39, 0.29) is 18.0 Å². The zero-order chi connectivity index (χ0) is 20.4. The molecule has 2 N–H and O–H groups in total. The third-order valence-corrected chi connectivity index (χ3v) is 4.85. The second-order valence-corrected chi connectivity index (χ2v) is 7.29. The summed E-state index contributed by atoms with van der Waals surface area (Å²) in [7, 11) is 0. The first-order chi connectivity index (χ1) is 14.0. The number of carbonyl (C=O) groups is 1. The molecule has 1 aromatic heterocycles. The van der Waals surface area contributed by atoms with Crippen molar-refractivity contribution in [1.82, 2.24) is 4.98 Å². The number of carbonyl (C=O) groups excluding carboxylic acids is 1. The zero-order valence-corrected chi connectivity index (χ0v) is 16.4. The van der Waals surface area contributed by atoms with E-state index in [0.29, 0.717) is 35.7 Å². The lowest BCUT2D eigenvalue weighted by atomic mass is 10.2. The Morgan fingerprint density at radius 2 is 1.86 bits per heavy atom. The molecule has 2 heterocycles. The molecular weight excluding hydrogens is 371 g/mol. The van der Waals surface area contributed by atoms with Crippen molar-refractivity contribution < 1.29 is 13.9 Å². The Balaban J connectivity index is 1.47. The Morgan fingerprint density at radius 1 is 1.10 bits per heavy atom. The van der Waals surface area contributed by atoms with Gasteiger partial charge in [0.2, 0.25) is 0 Å². The summed E-state index contributed by atoms with van der Waals surface area (Å²) < 4.78 is 20.4. The number of ether oxygens (including phenoxy) is 1. The van der Waals surface area contributed by atoms with Gasteiger partial charge in [-0.1, -0.05) is 18.2 Å². The van der Waals surface area contributed by atoms with Crippen LogP contribution in [0.2, 0.25) is 0 Å². The molecule has 4 rings (SSSR count). The summed E-state index contributed by atoms with van der Waals surface area (Å²) in [5.41, 5.74) is 2.18. The molecule has 2 aromatic carbocycles. The number of nitrogens with zero attached hydrogens (tertiary/aromatic N) is 2. The average molecular weight is 394 g/mol. The fourth-order valence-corrected chi connectivity index (χ4v) is 3.71. The van der Waals surface area contributed by atoms with Crippen molar-refractivity contribution in [3.63, 3.8) is 0 Å². The molecule has 1 fully saturated rings. The first-order valence-electron chi connectivity index (χ1n) is 9.61. The lowest BCUT2D eigenvalue weighted by molar-refractivity contribution is -0.00539. The Labute approximate surface area is 168 Å². The molecule has 7 heteroatoms. The molecule has 2 amide bonds. The highest BCUT2D eigenvalue weighted by Crippen LogP contribution is 2.26. The number of hydrogen-bond acceptors (Lipinski definition) is 4. The summed E-state index contributed by atoms with van der Waals surface area (Å²) in [4.78, 5) is 18.7. The van der Waals surface area contributed by atoms with Crippen LogP contribution in [0.1, 0.15) is 13.8 Å². The van der Waals surface area contributed by atoms with Crippen molar-refractivity contribution in [1.29, 1.82) is 0 Å². The van der Waals surface area contributed by atoms with Gasteiger partial charge in [0, 0.05) is 30.4 Å². The van der Waals surface area contributed by atoms with Crippen LogP contribution in [0.15, 0.2) is 54.7 Å². The van der Waals surface area contributed by atoms with E-state index in [1.54, 1.807) is 24.4 Å². The van der Waals surface area contributed by atoms with Crippen LogP contribution >= 0.6 is 0 Å². The smallest absolute Gasteiger partial charge is 0.323 e. The SMILES string of the molecule is C[C@@H]1CN(c2ccc(NC(=O)Nc3cccc4cccnc34)cc2F)C[C@H](C)O1. The van der Waals surface area contributed by atoms with Gasteiger partial charge >= 0.3 is 6.03 Å². The summed E-state index contributed by atoms with van der Waals surface area (Å²) in [6, 6.07) is 13.6. The molecule has 1 aliphatic rings. The maximum absolute atomic E-state index is 14.7. The number of para-hydroxylation sites is 1. The highest BCUT2D eigenvalue weighted by Gasteiger charge is 2.24. The maximum Gasteiger partial charge on any atom is 0.323 e. The fourth-order valence-electron chi connectivity index (χ4n) is 3.71. The van der Waals surface area contributed by atoms with E-state index in [4.69, 9.17) is 4.74 Å². The van der Waals surface area contributed by atoms with Gasteiger partial charge in [0.05, 0.1) is 29.1 Å². The van der Waals surface area contributed by atoms with E-state index in [1.807, 2.05) is 43.0 Å². The van der Waals surface area contributed by atoms with Crippen LogP contribution in [0.25, 0.3) is 10.9 Å². The Hall–Kier alpha value is -3.19. The summed E-state index contributed by atoms with van der Waals surface area (Å²) in [5, 5.41) is 6.39. The van der Waals surface area contributed by atoms with Gasteiger partial charge in [0.15, 0.2) is 0 Å². The number of nitrogens with one attached hydrogen (secondary N) is 2. The van der Waals surface area contributed by atoms with Crippen molar-refractivity contribution in [3.8, 4) is 0 Å². The third kappa shape index (κ3) is 4.30. The molecule has 0 radical (unpaired) electrons. The van der Waals surface area contributed by atoms with Crippen LogP contribution < -0.4 is 15.5 Å². The standard InChI is InChI=1S/C22H23FN4O2/c1-14-12-27(13-15(2)29-14)20-9-8-17(11-18(20)23)25-22(28)26-19-7-3-5-16-6-4-10-24-21(16)19/h3-11,14-15H,12-13H2,1-2H3,(H2,25,26,28)/t14-,15+. The van der Waals surface area contributed by atoms with E-state index in [1.165, 1.54) is 6.07 Å². The number of fused-ring (bicyclic) bond motifs is 1. The van der Waals surface area contributed by atoms with Crippen molar-refractivity contribution >= 4 is 34.0 Å². The van der Waals surface area contributed by atoms with E-state index in [9.17, 15) is 9.18 Å². The first-order valence-corrected chi connectivity index (χ1v) is 9.61. The third-order valence-electron chi connectivity index (χ3n) is 4.85. The van der Waals surface area contributed by atoms with Gasteiger partial charge in [-0.15, -0.1) is 0 Å². The summed E-state index contributed by atoms with van der Waals surface area (Å²) in [6.07, 6.45) is 1.75. The van der Waals surface area contributed by atoms with Crippen LogP contribution in [0.3, 0.4) is 0 Å². The molecule has 0 bridgehead atoms. The molecule has 0 unspecified atom stereocenters. The van der Waals surface area contributed by atoms with Crippen molar-refractivity contribution in [3.05, 3.63) is 60.5 Å². The van der Waals surface area contributed by atoms with Crippen LogP contribution in [0, 0.1) is 5.82 Å². The molecular formula is C22H23FN4O2. The molecule has 0 aliphatic carbocycles. The highest BCUT2D eigenvalue weighted by atomic mass is 19.1. The van der Waals surface area contributed by atoms with Gasteiger partial charge in [-0.25, -0.2) is 9.18 Å². The number of morpholine rings is 1. The number of benzene rings is 2. The lowest BCUT2D eigenvalue weighted by Crippen LogP contribution is -2.45. The normalized spacial score (nSPS) is 19.2.